The normalized spacial score (nSPS) is 14.8. The lowest BCUT2D eigenvalue weighted by atomic mass is 9.82. The SMILES string of the molecule is CC1(C)c2ccccc2-c2cc3cc4ccccc4c(Br)c3cc21. The molecule has 24 heavy (non-hydrogen) atoms. The first kappa shape index (κ1) is 14.2. The van der Waals surface area contributed by atoms with E-state index in [0.29, 0.717) is 0 Å². The smallest absolute Gasteiger partial charge is 0.0332 e. The second-order valence-corrected chi connectivity index (χ2v) is 7.99. The summed E-state index contributed by atoms with van der Waals surface area (Å²) in [5, 5.41) is 5.15. The molecule has 0 nitrogen and oxygen atoms in total. The second-order valence-electron chi connectivity index (χ2n) is 7.20. The molecule has 0 atom stereocenters. The van der Waals surface area contributed by atoms with Crippen LogP contribution in [-0.2, 0) is 5.41 Å². The van der Waals surface area contributed by atoms with Gasteiger partial charge in [0.2, 0.25) is 0 Å². The molecule has 5 rings (SSSR count). The number of halogens is 1. The van der Waals surface area contributed by atoms with Crippen LogP contribution in [0.4, 0.5) is 0 Å². The van der Waals surface area contributed by atoms with Crippen molar-refractivity contribution in [3.8, 4) is 11.1 Å². The summed E-state index contributed by atoms with van der Waals surface area (Å²) in [6, 6.07) is 24.5. The van der Waals surface area contributed by atoms with Crippen LogP contribution >= 0.6 is 15.9 Å². The van der Waals surface area contributed by atoms with E-state index >= 15 is 0 Å². The zero-order valence-corrected chi connectivity index (χ0v) is 15.3. The van der Waals surface area contributed by atoms with Crippen molar-refractivity contribution < 1.29 is 0 Å². The van der Waals surface area contributed by atoms with E-state index in [2.05, 4.69) is 96.5 Å². The van der Waals surface area contributed by atoms with Crippen molar-refractivity contribution in [2.75, 3.05) is 0 Å². The van der Waals surface area contributed by atoms with Crippen molar-refractivity contribution in [2.24, 2.45) is 0 Å². The maximum absolute atomic E-state index is 3.86. The Hall–Kier alpha value is -2.12. The zero-order chi connectivity index (χ0) is 16.5. The van der Waals surface area contributed by atoms with E-state index < -0.39 is 0 Å². The van der Waals surface area contributed by atoms with Gasteiger partial charge in [0, 0.05) is 9.89 Å². The molecule has 0 saturated carbocycles. The zero-order valence-electron chi connectivity index (χ0n) is 13.7. The Morgan fingerprint density at radius 1 is 0.667 bits per heavy atom. The lowest BCUT2D eigenvalue weighted by Crippen LogP contribution is -2.14. The first-order valence-electron chi connectivity index (χ1n) is 8.33. The molecule has 1 heteroatoms. The first-order chi connectivity index (χ1) is 11.6. The van der Waals surface area contributed by atoms with E-state index in [1.54, 1.807) is 0 Å². The van der Waals surface area contributed by atoms with Crippen LogP contribution in [-0.4, -0.2) is 0 Å². The van der Waals surface area contributed by atoms with Crippen molar-refractivity contribution >= 4 is 37.5 Å². The number of fused-ring (bicyclic) bond motifs is 5. The molecular formula is C23H17Br. The maximum atomic E-state index is 3.86. The predicted octanol–water partition coefficient (Wildman–Crippen LogP) is 7.06. The molecule has 0 aromatic heterocycles. The van der Waals surface area contributed by atoms with Gasteiger partial charge in [0.15, 0.2) is 0 Å². The Morgan fingerprint density at radius 3 is 2.29 bits per heavy atom. The van der Waals surface area contributed by atoms with E-state index in [1.807, 2.05) is 0 Å². The molecular weight excluding hydrogens is 356 g/mol. The van der Waals surface area contributed by atoms with Gasteiger partial charge >= 0.3 is 0 Å². The highest BCUT2D eigenvalue weighted by Gasteiger charge is 2.35. The molecule has 0 N–H and O–H groups in total. The minimum Gasteiger partial charge on any atom is -0.0619 e. The fourth-order valence-corrected chi connectivity index (χ4v) is 4.91. The van der Waals surface area contributed by atoms with Crippen molar-refractivity contribution in [3.63, 3.8) is 0 Å². The standard InChI is InChI=1S/C23H17Br/c1-23(2)20-10-6-5-9-17(20)19-12-15-11-14-7-3-4-8-16(14)22(24)18(15)13-21(19)23/h3-13H,1-2H3. The Morgan fingerprint density at radius 2 is 1.42 bits per heavy atom. The molecule has 0 bridgehead atoms. The minimum atomic E-state index is 0.0468. The molecule has 1 aliphatic rings. The monoisotopic (exact) mass is 372 g/mol. The molecule has 0 unspecified atom stereocenters. The maximum Gasteiger partial charge on any atom is 0.0332 e. The number of hydrogen-bond donors (Lipinski definition) is 0. The average molecular weight is 373 g/mol. The molecule has 0 heterocycles. The summed E-state index contributed by atoms with van der Waals surface area (Å²) in [5.41, 5.74) is 5.66. The molecule has 116 valence electrons. The second kappa shape index (κ2) is 4.70. The molecule has 4 aromatic carbocycles. The van der Waals surface area contributed by atoms with Gasteiger partial charge in [-0.1, -0.05) is 62.4 Å². The highest BCUT2D eigenvalue weighted by atomic mass is 79.9. The van der Waals surface area contributed by atoms with Crippen molar-refractivity contribution in [2.45, 2.75) is 19.3 Å². The van der Waals surface area contributed by atoms with E-state index in [0.717, 1.165) is 0 Å². The lowest BCUT2D eigenvalue weighted by molar-refractivity contribution is 0.661. The van der Waals surface area contributed by atoms with Gasteiger partial charge < -0.3 is 0 Å². The Balaban J connectivity index is 1.94. The highest BCUT2D eigenvalue weighted by molar-refractivity contribution is 9.10. The summed E-state index contributed by atoms with van der Waals surface area (Å²) in [6.07, 6.45) is 0. The minimum absolute atomic E-state index is 0.0468. The van der Waals surface area contributed by atoms with Gasteiger partial charge in [-0.25, -0.2) is 0 Å². The molecule has 4 aromatic rings. The molecule has 0 aliphatic heterocycles. The van der Waals surface area contributed by atoms with Crippen LogP contribution in [0, 0.1) is 0 Å². The quantitative estimate of drug-likeness (QED) is 0.289. The summed E-state index contributed by atoms with van der Waals surface area (Å²) >= 11 is 3.86. The van der Waals surface area contributed by atoms with Crippen LogP contribution in [0.15, 0.2) is 71.2 Å². The first-order valence-corrected chi connectivity index (χ1v) is 9.12. The van der Waals surface area contributed by atoms with Crippen LogP contribution in [0.5, 0.6) is 0 Å². The number of hydrogen-bond acceptors (Lipinski definition) is 0. The average Bonchev–Trinajstić information content (AvgIpc) is 2.82. The van der Waals surface area contributed by atoms with Crippen LogP contribution < -0.4 is 0 Å². The molecule has 1 aliphatic carbocycles. The van der Waals surface area contributed by atoms with Crippen molar-refractivity contribution in [3.05, 3.63) is 82.3 Å². The summed E-state index contributed by atoms with van der Waals surface area (Å²) in [6.45, 7) is 4.66. The highest BCUT2D eigenvalue weighted by Crippen LogP contribution is 2.50. The molecule has 0 saturated heterocycles. The van der Waals surface area contributed by atoms with Gasteiger partial charge in [0.05, 0.1) is 0 Å². The summed E-state index contributed by atoms with van der Waals surface area (Å²) in [5.74, 6) is 0. The van der Waals surface area contributed by atoms with E-state index in [-0.39, 0.29) is 5.41 Å². The van der Waals surface area contributed by atoms with Crippen molar-refractivity contribution in [1.29, 1.82) is 0 Å². The van der Waals surface area contributed by atoms with E-state index in [9.17, 15) is 0 Å². The van der Waals surface area contributed by atoms with Crippen LogP contribution in [0.25, 0.3) is 32.7 Å². The summed E-state index contributed by atoms with van der Waals surface area (Å²) < 4.78 is 1.20. The summed E-state index contributed by atoms with van der Waals surface area (Å²) in [7, 11) is 0. The summed E-state index contributed by atoms with van der Waals surface area (Å²) in [4.78, 5) is 0. The third kappa shape index (κ3) is 1.74. The van der Waals surface area contributed by atoms with Gasteiger partial charge in [-0.15, -0.1) is 0 Å². The van der Waals surface area contributed by atoms with Crippen LogP contribution in [0.2, 0.25) is 0 Å². The Kier molecular flexibility index (Phi) is 2.79. The molecule has 0 fully saturated rings. The van der Waals surface area contributed by atoms with Gasteiger partial charge in [-0.2, -0.15) is 0 Å². The third-order valence-electron chi connectivity index (χ3n) is 5.50. The molecule has 0 amide bonds. The Labute approximate surface area is 150 Å². The predicted molar refractivity (Wildman–Crippen MR) is 107 cm³/mol. The van der Waals surface area contributed by atoms with Crippen molar-refractivity contribution in [1.82, 2.24) is 0 Å². The Bertz CT molecular complexity index is 1140. The largest absolute Gasteiger partial charge is 0.0619 e. The topological polar surface area (TPSA) is 0 Å². The van der Waals surface area contributed by atoms with Crippen LogP contribution in [0.1, 0.15) is 25.0 Å². The van der Waals surface area contributed by atoms with Gasteiger partial charge in [0.1, 0.15) is 0 Å². The van der Waals surface area contributed by atoms with E-state index in [1.165, 1.54) is 48.3 Å². The number of rotatable bonds is 0. The van der Waals surface area contributed by atoms with Gasteiger partial charge in [0.25, 0.3) is 0 Å². The van der Waals surface area contributed by atoms with E-state index in [4.69, 9.17) is 0 Å². The lowest BCUT2D eigenvalue weighted by Gasteiger charge is -2.22. The van der Waals surface area contributed by atoms with Gasteiger partial charge in [-0.3, -0.25) is 0 Å². The molecule has 0 spiro atoms. The van der Waals surface area contributed by atoms with Crippen LogP contribution in [0.3, 0.4) is 0 Å². The number of benzene rings is 4. The molecule has 0 radical (unpaired) electrons. The van der Waals surface area contributed by atoms with Gasteiger partial charge in [-0.05, 0) is 77.9 Å². The third-order valence-corrected chi connectivity index (χ3v) is 6.35. The fourth-order valence-electron chi connectivity index (χ4n) is 4.21. The fraction of sp³-hybridized carbons (Fsp3) is 0.130.